The largest absolute Gasteiger partial charge is 0.338 e. The molecule has 1 aliphatic heterocycles. The summed E-state index contributed by atoms with van der Waals surface area (Å²) in [6.45, 7) is 5.31. The Hall–Kier alpha value is -0.630. The van der Waals surface area contributed by atoms with E-state index in [1.165, 1.54) is 0 Å². The number of hydrogen-bond donors (Lipinski definition) is 1. The van der Waals surface area contributed by atoms with Crippen molar-refractivity contribution in [2.24, 2.45) is 5.73 Å². The van der Waals surface area contributed by atoms with Gasteiger partial charge in [-0.3, -0.25) is 4.79 Å². The van der Waals surface area contributed by atoms with Crippen molar-refractivity contribution in [3.8, 4) is 0 Å². The van der Waals surface area contributed by atoms with E-state index in [4.69, 9.17) is 5.73 Å². The zero-order chi connectivity index (χ0) is 16.8. The second kappa shape index (κ2) is 6.70. The molecule has 2 rings (SSSR count). The number of carbonyl (C=O) groups is 1. The molecule has 130 valence electrons. The molecule has 0 aromatic heterocycles. The maximum Gasteiger partial charge on any atom is 0.247 e. The van der Waals surface area contributed by atoms with Crippen molar-refractivity contribution in [1.82, 2.24) is 4.90 Å². The Kier molecular flexibility index (Phi) is 5.95. The molecule has 1 aromatic carbocycles. The van der Waals surface area contributed by atoms with Gasteiger partial charge in [0.1, 0.15) is 5.54 Å². The second-order valence-electron chi connectivity index (χ2n) is 6.51. The van der Waals surface area contributed by atoms with Crippen molar-refractivity contribution in [2.45, 2.75) is 31.1 Å². The van der Waals surface area contributed by atoms with Crippen molar-refractivity contribution < 1.29 is 13.2 Å². The van der Waals surface area contributed by atoms with E-state index >= 15 is 0 Å². The number of sulfone groups is 1. The number of halogens is 2. The first-order valence-corrected chi connectivity index (χ1v) is 9.48. The number of benzene rings is 1. The number of nitrogens with zero attached hydrogens (tertiary/aromatic N) is 1. The van der Waals surface area contributed by atoms with Crippen molar-refractivity contribution in [3.05, 3.63) is 34.3 Å². The molecule has 2 N–H and O–H groups in total. The minimum atomic E-state index is -3.18. The first kappa shape index (κ1) is 20.4. The van der Waals surface area contributed by atoms with Crippen LogP contribution in [0.4, 0.5) is 0 Å². The highest BCUT2D eigenvalue weighted by Gasteiger charge is 2.44. The van der Waals surface area contributed by atoms with Gasteiger partial charge in [-0.25, -0.2) is 8.42 Å². The zero-order valence-electron chi connectivity index (χ0n) is 13.4. The van der Waals surface area contributed by atoms with E-state index < -0.39 is 20.1 Å². The molecular weight excluding hydrogens is 404 g/mol. The first-order chi connectivity index (χ1) is 9.97. The topological polar surface area (TPSA) is 80.5 Å². The van der Waals surface area contributed by atoms with Crippen LogP contribution in [0.5, 0.6) is 0 Å². The predicted molar refractivity (Wildman–Crippen MR) is 97.4 cm³/mol. The van der Waals surface area contributed by atoms with Crippen LogP contribution in [-0.2, 0) is 20.2 Å². The third kappa shape index (κ3) is 3.90. The lowest BCUT2D eigenvalue weighted by Gasteiger charge is -2.40. The Morgan fingerprint density at radius 2 is 1.83 bits per heavy atom. The lowest BCUT2D eigenvalue weighted by Crippen LogP contribution is -2.60. The normalized spacial score (nSPS) is 21.9. The van der Waals surface area contributed by atoms with E-state index in [0.717, 1.165) is 4.47 Å². The fourth-order valence-corrected chi connectivity index (χ4v) is 4.20. The summed E-state index contributed by atoms with van der Waals surface area (Å²) < 4.78 is 24.1. The van der Waals surface area contributed by atoms with Crippen LogP contribution >= 0.6 is 28.3 Å². The van der Waals surface area contributed by atoms with Crippen molar-refractivity contribution in [3.63, 3.8) is 0 Å². The van der Waals surface area contributed by atoms with Gasteiger partial charge < -0.3 is 10.6 Å². The summed E-state index contributed by atoms with van der Waals surface area (Å²) in [5.41, 5.74) is 5.78. The van der Waals surface area contributed by atoms with E-state index in [-0.39, 0.29) is 37.2 Å². The van der Waals surface area contributed by atoms with Gasteiger partial charge in [0.25, 0.3) is 0 Å². The molecule has 1 amide bonds. The van der Waals surface area contributed by atoms with E-state index in [1.54, 1.807) is 37.8 Å². The van der Waals surface area contributed by atoms with Crippen LogP contribution in [0.15, 0.2) is 28.7 Å². The minimum absolute atomic E-state index is 0. The Morgan fingerprint density at radius 1 is 1.30 bits per heavy atom. The lowest BCUT2D eigenvalue weighted by atomic mass is 9.91. The standard InChI is InChI=1S/C15H21BrN2O3S.ClH/c1-14(2)10-18(8-9-22(14,20)21)13(19)15(3,17)11-4-6-12(16)7-5-11;/h4-7H,8-10,17H2,1-3H3;1H. The molecule has 5 nitrogen and oxygen atoms in total. The molecule has 0 aliphatic carbocycles. The lowest BCUT2D eigenvalue weighted by molar-refractivity contribution is -0.137. The number of nitrogens with two attached hydrogens (primary N) is 1. The van der Waals surface area contributed by atoms with Gasteiger partial charge in [-0.2, -0.15) is 0 Å². The minimum Gasteiger partial charge on any atom is -0.338 e. The van der Waals surface area contributed by atoms with Gasteiger partial charge in [-0.15, -0.1) is 12.4 Å². The monoisotopic (exact) mass is 424 g/mol. The van der Waals surface area contributed by atoms with Crippen LogP contribution in [-0.4, -0.2) is 42.8 Å². The van der Waals surface area contributed by atoms with E-state index in [2.05, 4.69) is 15.9 Å². The summed E-state index contributed by atoms with van der Waals surface area (Å²) >= 11 is 3.35. The fraction of sp³-hybridized carbons (Fsp3) is 0.533. The Balaban J connectivity index is 0.00000264. The fourth-order valence-electron chi connectivity index (χ4n) is 2.57. The van der Waals surface area contributed by atoms with Crippen LogP contribution in [0.3, 0.4) is 0 Å². The maximum absolute atomic E-state index is 12.8. The summed E-state index contributed by atoms with van der Waals surface area (Å²) in [4.78, 5) is 14.4. The van der Waals surface area contributed by atoms with Crippen LogP contribution in [0.1, 0.15) is 26.3 Å². The SMILES string of the molecule is CC(N)(C(=O)N1CCS(=O)(=O)C(C)(C)C1)c1ccc(Br)cc1.Cl. The summed E-state index contributed by atoms with van der Waals surface area (Å²) in [5.74, 6) is -0.278. The van der Waals surface area contributed by atoms with Crippen LogP contribution in [0.25, 0.3) is 0 Å². The molecule has 0 spiro atoms. The number of rotatable bonds is 2. The highest BCUT2D eigenvalue weighted by molar-refractivity contribution is 9.10. The third-order valence-electron chi connectivity index (χ3n) is 4.22. The maximum atomic E-state index is 12.8. The number of amides is 1. The second-order valence-corrected chi connectivity index (χ2v) is 10.2. The average Bonchev–Trinajstić information content (AvgIpc) is 2.41. The molecule has 1 heterocycles. The van der Waals surface area contributed by atoms with Crippen molar-refractivity contribution >= 4 is 44.1 Å². The Labute approximate surface area is 152 Å². The molecule has 8 heteroatoms. The molecule has 1 atom stereocenters. The molecule has 1 saturated heterocycles. The molecule has 1 aliphatic rings. The quantitative estimate of drug-likeness (QED) is 0.786. The van der Waals surface area contributed by atoms with Gasteiger partial charge in [0.15, 0.2) is 9.84 Å². The predicted octanol–water partition coefficient (Wildman–Crippen LogP) is 2.08. The van der Waals surface area contributed by atoms with Gasteiger partial charge in [0, 0.05) is 17.6 Å². The molecule has 0 bridgehead atoms. The van der Waals surface area contributed by atoms with Crippen LogP contribution < -0.4 is 5.73 Å². The Bertz CT molecular complexity index is 687. The van der Waals surface area contributed by atoms with E-state index in [0.29, 0.717) is 5.56 Å². The first-order valence-electron chi connectivity index (χ1n) is 7.04. The highest BCUT2D eigenvalue weighted by atomic mass is 79.9. The summed E-state index contributed by atoms with van der Waals surface area (Å²) in [6, 6.07) is 7.26. The molecule has 0 saturated carbocycles. The third-order valence-corrected chi connectivity index (χ3v) is 7.28. The molecule has 1 aromatic rings. The highest BCUT2D eigenvalue weighted by Crippen LogP contribution is 2.28. The van der Waals surface area contributed by atoms with Crippen molar-refractivity contribution in [1.29, 1.82) is 0 Å². The molecule has 1 fully saturated rings. The molecule has 1 unspecified atom stereocenters. The molecular formula is C15H22BrClN2O3S. The smallest absolute Gasteiger partial charge is 0.247 e. The van der Waals surface area contributed by atoms with Gasteiger partial charge >= 0.3 is 0 Å². The van der Waals surface area contributed by atoms with Gasteiger partial charge in [0.2, 0.25) is 5.91 Å². The van der Waals surface area contributed by atoms with Gasteiger partial charge in [-0.05, 0) is 38.5 Å². The van der Waals surface area contributed by atoms with Crippen LogP contribution in [0.2, 0.25) is 0 Å². The van der Waals surface area contributed by atoms with Crippen LogP contribution in [0, 0.1) is 0 Å². The average molecular weight is 426 g/mol. The zero-order valence-corrected chi connectivity index (χ0v) is 16.6. The van der Waals surface area contributed by atoms with Gasteiger partial charge in [-0.1, -0.05) is 28.1 Å². The molecule has 0 radical (unpaired) electrons. The number of hydrogen-bond acceptors (Lipinski definition) is 4. The molecule has 23 heavy (non-hydrogen) atoms. The van der Waals surface area contributed by atoms with E-state index in [9.17, 15) is 13.2 Å². The van der Waals surface area contributed by atoms with Gasteiger partial charge in [0.05, 0.1) is 10.5 Å². The summed E-state index contributed by atoms with van der Waals surface area (Å²) in [7, 11) is -3.18. The Morgan fingerprint density at radius 3 is 2.30 bits per heavy atom. The summed E-state index contributed by atoms with van der Waals surface area (Å²) in [5, 5.41) is 0. The van der Waals surface area contributed by atoms with Crippen molar-refractivity contribution in [2.75, 3.05) is 18.8 Å². The van der Waals surface area contributed by atoms with E-state index in [1.807, 2.05) is 12.1 Å². The summed E-state index contributed by atoms with van der Waals surface area (Å²) in [6.07, 6.45) is 0. The number of carbonyl (C=O) groups excluding carboxylic acids is 1.